The van der Waals surface area contributed by atoms with Crippen LogP contribution < -0.4 is 0 Å². The highest BCUT2D eigenvalue weighted by Gasteiger charge is 2.10. The number of nitrogens with one attached hydrogen (secondary N) is 1. The molecule has 0 fully saturated rings. The molecule has 0 amide bonds. The van der Waals surface area contributed by atoms with E-state index < -0.39 is 6.67 Å². The highest BCUT2D eigenvalue weighted by atomic mass is 19.1. The molecule has 2 heterocycles. The van der Waals surface area contributed by atoms with Crippen molar-refractivity contribution in [3.8, 4) is 0 Å². The second-order valence-corrected chi connectivity index (χ2v) is 3.39. The van der Waals surface area contributed by atoms with Gasteiger partial charge in [-0.1, -0.05) is 0 Å². The van der Waals surface area contributed by atoms with Crippen LogP contribution in [0.15, 0.2) is 6.20 Å². The zero-order valence-corrected chi connectivity index (χ0v) is 8.26. The molecule has 1 N–H and O–H groups in total. The first-order valence-electron chi connectivity index (χ1n) is 4.59. The summed E-state index contributed by atoms with van der Waals surface area (Å²) >= 11 is 0. The van der Waals surface area contributed by atoms with Crippen LogP contribution in [0, 0.1) is 13.8 Å². The summed E-state index contributed by atoms with van der Waals surface area (Å²) < 4.78 is 12.3. The Labute approximate surface area is 81.4 Å². The number of alkyl halides is 1. The summed E-state index contributed by atoms with van der Waals surface area (Å²) in [5.41, 5.74) is 3.92. The first-order valence-corrected chi connectivity index (χ1v) is 4.59. The Bertz CT molecular complexity index is 462. The molecule has 2 aromatic rings. The van der Waals surface area contributed by atoms with E-state index in [0.717, 1.165) is 27.9 Å². The van der Waals surface area contributed by atoms with Crippen LogP contribution in [-0.4, -0.2) is 21.9 Å². The molecule has 2 aromatic heterocycles. The van der Waals surface area contributed by atoms with Gasteiger partial charge in [0.1, 0.15) is 0 Å². The van der Waals surface area contributed by atoms with Crippen molar-refractivity contribution in [2.24, 2.45) is 0 Å². The van der Waals surface area contributed by atoms with Crippen LogP contribution in [0.4, 0.5) is 4.39 Å². The lowest BCUT2D eigenvalue weighted by atomic mass is 10.1. The van der Waals surface area contributed by atoms with Gasteiger partial charge in [-0.05, 0) is 19.4 Å². The maximum Gasteiger partial charge on any atom is 0.0950 e. The number of H-pyrrole nitrogens is 1. The molecule has 4 heteroatoms. The van der Waals surface area contributed by atoms with Crippen LogP contribution in [0.3, 0.4) is 0 Å². The quantitative estimate of drug-likeness (QED) is 0.793. The SMILES string of the molecule is Cc1[nH]c2cnnc(CCF)c2c1C. The van der Waals surface area contributed by atoms with Gasteiger partial charge in [0.05, 0.1) is 24.1 Å². The summed E-state index contributed by atoms with van der Waals surface area (Å²) in [5, 5.41) is 8.82. The fraction of sp³-hybridized carbons (Fsp3) is 0.400. The standard InChI is InChI=1S/C10H12FN3/c1-6-7(2)13-9-5-12-14-8(3-4-11)10(6)9/h5,13H,3-4H2,1-2H3. The van der Waals surface area contributed by atoms with Crippen molar-refractivity contribution in [3.05, 3.63) is 23.1 Å². The zero-order valence-electron chi connectivity index (χ0n) is 8.26. The molecule has 0 unspecified atom stereocenters. The Morgan fingerprint density at radius 2 is 2.21 bits per heavy atom. The number of halogens is 1. The van der Waals surface area contributed by atoms with Crippen molar-refractivity contribution in [3.63, 3.8) is 0 Å². The molecular weight excluding hydrogens is 181 g/mol. The van der Waals surface area contributed by atoms with Crippen LogP contribution in [0.2, 0.25) is 0 Å². The predicted octanol–water partition coefficient (Wildman–Crippen LogP) is 2.09. The van der Waals surface area contributed by atoms with Gasteiger partial charge >= 0.3 is 0 Å². The van der Waals surface area contributed by atoms with Crippen molar-refractivity contribution < 1.29 is 4.39 Å². The fourth-order valence-corrected chi connectivity index (χ4v) is 1.69. The van der Waals surface area contributed by atoms with Gasteiger partial charge in [0, 0.05) is 17.5 Å². The topological polar surface area (TPSA) is 41.6 Å². The van der Waals surface area contributed by atoms with E-state index in [9.17, 15) is 4.39 Å². The number of aryl methyl sites for hydroxylation is 3. The molecule has 0 saturated heterocycles. The van der Waals surface area contributed by atoms with Crippen LogP contribution in [-0.2, 0) is 6.42 Å². The van der Waals surface area contributed by atoms with Gasteiger partial charge in [-0.25, -0.2) is 0 Å². The molecule has 0 saturated carbocycles. The summed E-state index contributed by atoms with van der Waals surface area (Å²) in [5.74, 6) is 0. The first kappa shape index (κ1) is 9.12. The number of aromatic amines is 1. The van der Waals surface area contributed by atoms with Crippen LogP contribution in [0.25, 0.3) is 10.9 Å². The van der Waals surface area contributed by atoms with Crippen LogP contribution >= 0.6 is 0 Å². The lowest BCUT2D eigenvalue weighted by Gasteiger charge is -1.98. The van der Waals surface area contributed by atoms with Crippen molar-refractivity contribution in [1.29, 1.82) is 0 Å². The van der Waals surface area contributed by atoms with Crippen LogP contribution in [0.1, 0.15) is 17.0 Å². The van der Waals surface area contributed by atoms with E-state index in [2.05, 4.69) is 15.2 Å². The smallest absolute Gasteiger partial charge is 0.0950 e. The van der Waals surface area contributed by atoms with E-state index in [4.69, 9.17) is 0 Å². The molecule has 0 aliphatic rings. The average Bonchev–Trinajstić information content (AvgIpc) is 2.45. The maximum absolute atomic E-state index is 12.3. The molecule has 0 aliphatic carbocycles. The number of nitrogens with zero attached hydrogens (tertiary/aromatic N) is 2. The number of hydrogen-bond acceptors (Lipinski definition) is 2. The van der Waals surface area contributed by atoms with Crippen molar-refractivity contribution in [2.75, 3.05) is 6.67 Å². The molecule has 74 valence electrons. The van der Waals surface area contributed by atoms with Crippen molar-refractivity contribution in [2.45, 2.75) is 20.3 Å². The number of aromatic nitrogens is 3. The van der Waals surface area contributed by atoms with E-state index in [1.165, 1.54) is 0 Å². The van der Waals surface area contributed by atoms with Gasteiger partial charge in [0.2, 0.25) is 0 Å². The molecule has 3 nitrogen and oxygen atoms in total. The van der Waals surface area contributed by atoms with E-state index >= 15 is 0 Å². The largest absolute Gasteiger partial charge is 0.357 e. The third-order valence-corrected chi connectivity index (χ3v) is 2.51. The molecule has 0 aromatic carbocycles. The normalized spacial score (nSPS) is 11.1. The molecular formula is C10H12FN3. The van der Waals surface area contributed by atoms with E-state index in [1.807, 2.05) is 13.8 Å². The highest BCUT2D eigenvalue weighted by molar-refractivity contribution is 5.85. The summed E-state index contributed by atoms with van der Waals surface area (Å²) in [7, 11) is 0. The Morgan fingerprint density at radius 3 is 2.93 bits per heavy atom. The third-order valence-electron chi connectivity index (χ3n) is 2.51. The monoisotopic (exact) mass is 193 g/mol. The Kier molecular flexibility index (Phi) is 2.19. The number of fused-ring (bicyclic) bond motifs is 1. The van der Waals surface area contributed by atoms with Gasteiger partial charge in [-0.3, -0.25) is 4.39 Å². The molecule has 14 heavy (non-hydrogen) atoms. The summed E-state index contributed by atoms with van der Waals surface area (Å²) in [6.07, 6.45) is 2.01. The molecule has 0 radical (unpaired) electrons. The van der Waals surface area contributed by atoms with Gasteiger partial charge in [0.15, 0.2) is 0 Å². The minimum atomic E-state index is -0.391. The van der Waals surface area contributed by atoms with Crippen LogP contribution in [0.5, 0.6) is 0 Å². The maximum atomic E-state index is 12.3. The molecule has 2 rings (SSSR count). The molecule has 0 aliphatic heterocycles. The fourth-order valence-electron chi connectivity index (χ4n) is 1.69. The van der Waals surface area contributed by atoms with Crippen molar-refractivity contribution >= 4 is 10.9 Å². The number of rotatable bonds is 2. The second-order valence-electron chi connectivity index (χ2n) is 3.39. The van der Waals surface area contributed by atoms with Gasteiger partial charge in [0.25, 0.3) is 0 Å². The number of hydrogen-bond donors (Lipinski definition) is 1. The summed E-state index contributed by atoms with van der Waals surface area (Å²) in [4.78, 5) is 3.20. The van der Waals surface area contributed by atoms with E-state index in [-0.39, 0.29) is 0 Å². The lowest BCUT2D eigenvalue weighted by Crippen LogP contribution is -1.95. The van der Waals surface area contributed by atoms with Gasteiger partial charge in [-0.2, -0.15) is 10.2 Å². The molecule has 0 bridgehead atoms. The first-order chi connectivity index (χ1) is 6.74. The highest BCUT2D eigenvalue weighted by Crippen LogP contribution is 2.22. The average molecular weight is 193 g/mol. The Balaban J connectivity index is 2.71. The van der Waals surface area contributed by atoms with Gasteiger partial charge < -0.3 is 4.98 Å². The van der Waals surface area contributed by atoms with E-state index in [0.29, 0.717) is 6.42 Å². The predicted molar refractivity (Wildman–Crippen MR) is 53.0 cm³/mol. The van der Waals surface area contributed by atoms with Gasteiger partial charge in [-0.15, -0.1) is 0 Å². The van der Waals surface area contributed by atoms with Crippen molar-refractivity contribution in [1.82, 2.24) is 15.2 Å². The third kappa shape index (κ3) is 1.27. The molecule has 0 spiro atoms. The van der Waals surface area contributed by atoms with E-state index in [1.54, 1.807) is 6.20 Å². The lowest BCUT2D eigenvalue weighted by molar-refractivity contribution is 0.491. The zero-order chi connectivity index (χ0) is 10.1. The summed E-state index contributed by atoms with van der Waals surface area (Å²) in [6.45, 7) is 3.61. The minimum absolute atomic E-state index is 0.336. The second kappa shape index (κ2) is 3.36. The molecule has 0 atom stereocenters. The Morgan fingerprint density at radius 1 is 1.43 bits per heavy atom. The Hall–Kier alpha value is -1.45. The minimum Gasteiger partial charge on any atom is -0.357 e. The summed E-state index contributed by atoms with van der Waals surface area (Å²) in [6, 6.07) is 0.